The molecule has 1 aliphatic heterocycles. The lowest BCUT2D eigenvalue weighted by molar-refractivity contribution is 0.0174. The summed E-state index contributed by atoms with van der Waals surface area (Å²) in [6, 6.07) is 22.0. The Balaban J connectivity index is 1.48. The molecule has 2 atom stereocenters. The van der Waals surface area contributed by atoms with E-state index in [9.17, 15) is 18.3 Å². The van der Waals surface area contributed by atoms with E-state index in [0.29, 0.717) is 31.9 Å². The van der Waals surface area contributed by atoms with Gasteiger partial charge in [0, 0.05) is 29.2 Å². The third-order valence-corrected chi connectivity index (χ3v) is 14.2. The highest BCUT2D eigenvalue weighted by Gasteiger charge is 2.42. The molecule has 326 valence electrons. The Labute approximate surface area is 369 Å². The topological polar surface area (TPSA) is 205 Å². The van der Waals surface area contributed by atoms with Crippen LogP contribution < -0.4 is 18.9 Å². The molecule has 4 aromatic carbocycles. The van der Waals surface area contributed by atoms with Crippen LogP contribution in [-0.4, -0.2) is 110 Å². The number of nitrogens with one attached hydrogen (secondary N) is 1. The van der Waals surface area contributed by atoms with Gasteiger partial charge in [0.1, 0.15) is 32.6 Å². The Morgan fingerprint density at radius 3 is 1.85 bits per heavy atom. The number of halogens is 1. The minimum absolute atomic E-state index is 0.0383. The largest absolute Gasteiger partial charge is 0.497 e. The van der Waals surface area contributed by atoms with E-state index >= 15 is 8.42 Å². The van der Waals surface area contributed by atoms with Crippen LogP contribution in [0.25, 0.3) is 11.4 Å². The van der Waals surface area contributed by atoms with Crippen molar-refractivity contribution in [3.63, 3.8) is 0 Å². The van der Waals surface area contributed by atoms with E-state index in [1.165, 1.54) is 40.4 Å². The lowest BCUT2D eigenvalue weighted by atomic mass is 10.2. The van der Waals surface area contributed by atoms with E-state index in [2.05, 4.69) is 20.1 Å². The van der Waals surface area contributed by atoms with Crippen LogP contribution in [0.1, 0.15) is 43.9 Å². The second-order valence-electron chi connectivity index (χ2n) is 15.2. The SMILES string of the molecule is COc1ccc(CN(Cc2ccc(OC)cc2)S(=O)(=O)c2c(S(=O)(=O)N[C@@H]3C[C@@H](CO)N(C(=O)OC(C)(C)C)C3)ccc(I)c2-c2nnn(Cc3ccc(OC)cc3)n2)cc1. The van der Waals surface area contributed by atoms with Gasteiger partial charge in [0.2, 0.25) is 25.9 Å². The maximum atomic E-state index is 15.6. The highest BCUT2D eigenvalue weighted by Crippen LogP contribution is 2.38. The Kier molecular flexibility index (Phi) is 14.2. The molecule has 0 bridgehead atoms. The fourth-order valence-electron chi connectivity index (χ4n) is 6.75. The Morgan fingerprint density at radius 1 is 0.836 bits per heavy atom. The summed E-state index contributed by atoms with van der Waals surface area (Å²) in [5, 5.41) is 23.2. The Hall–Kier alpha value is -4.87. The Bertz CT molecular complexity index is 2480. The van der Waals surface area contributed by atoms with Gasteiger partial charge in [-0.05, 0) is 120 Å². The van der Waals surface area contributed by atoms with Crippen molar-refractivity contribution in [2.75, 3.05) is 34.5 Å². The van der Waals surface area contributed by atoms with E-state index in [-0.39, 0.29) is 44.0 Å². The van der Waals surface area contributed by atoms with E-state index in [1.54, 1.807) is 88.5 Å². The summed E-state index contributed by atoms with van der Waals surface area (Å²) in [6.45, 7) is 4.34. The van der Waals surface area contributed by atoms with Crippen molar-refractivity contribution in [2.24, 2.45) is 0 Å². The smallest absolute Gasteiger partial charge is 0.410 e. The number of rotatable bonds is 16. The molecular weight excluding hydrogens is 942 g/mol. The van der Waals surface area contributed by atoms with Crippen molar-refractivity contribution in [2.45, 2.75) is 74.3 Å². The van der Waals surface area contributed by atoms with Gasteiger partial charge in [-0.2, -0.15) is 9.10 Å². The summed E-state index contributed by atoms with van der Waals surface area (Å²) in [6.07, 6.45) is -0.680. The maximum absolute atomic E-state index is 15.6. The molecule has 2 heterocycles. The number of amides is 1. The fourth-order valence-corrected chi connectivity index (χ4v) is 11.3. The number of methoxy groups -OCH3 is 3. The zero-order valence-corrected chi connectivity index (χ0v) is 38.3. The van der Waals surface area contributed by atoms with Crippen LogP contribution in [0.15, 0.2) is 94.7 Å². The number of tetrazole rings is 1. The third kappa shape index (κ3) is 11.0. The first-order valence-electron chi connectivity index (χ1n) is 19.1. The molecule has 0 unspecified atom stereocenters. The van der Waals surface area contributed by atoms with Crippen LogP contribution in [0.4, 0.5) is 4.79 Å². The number of aromatic nitrogens is 4. The van der Waals surface area contributed by atoms with E-state index in [0.717, 1.165) is 5.56 Å². The quantitative estimate of drug-likeness (QED) is 0.124. The van der Waals surface area contributed by atoms with Crippen LogP contribution in [0.5, 0.6) is 17.2 Å². The lowest BCUT2D eigenvalue weighted by Gasteiger charge is -2.27. The van der Waals surface area contributed by atoms with Gasteiger partial charge >= 0.3 is 6.09 Å². The van der Waals surface area contributed by atoms with E-state index < -0.39 is 60.2 Å². The predicted molar refractivity (Wildman–Crippen MR) is 233 cm³/mol. The first-order valence-corrected chi connectivity index (χ1v) is 23.1. The van der Waals surface area contributed by atoms with Crippen LogP contribution in [0.2, 0.25) is 0 Å². The highest BCUT2D eigenvalue weighted by molar-refractivity contribution is 14.1. The molecule has 0 radical (unpaired) electrons. The van der Waals surface area contributed by atoms with Crippen molar-refractivity contribution < 1.29 is 45.7 Å². The van der Waals surface area contributed by atoms with Crippen LogP contribution >= 0.6 is 22.6 Å². The molecule has 0 aliphatic carbocycles. The van der Waals surface area contributed by atoms with Gasteiger partial charge in [0.05, 0.1) is 46.1 Å². The summed E-state index contributed by atoms with van der Waals surface area (Å²) >= 11 is 1.94. The third-order valence-electron chi connectivity index (χ3n) is 9.73. The average molecular weight is 990 g/mol. The number of aliphatic hydroxyl groups is 1. The molecule has 6 rings (SSSR count). The number of likely N-dealkylation sites (tertiary alicyclic amines) is 1. The number of aliphatic hydroxyl groups excluding tert-OH is 1. The standard InChI is InChI=1S/C41H48IN7O10S2/c1-41(2,3)59-40(51)48-25-30(21-31(48)26-50)45-60(52,53)36-20-19-35(42)37(39-43-46-49(44-39)24-29-11-17-34(58-6)18-12-29)38(36)61(54,55)47(22-27-7-13-32(56-4)14-8-27)23-28-9-15-33(57-5)16-10-28/h7-20,30-31,45,50H,21-26H2,1-6H3/t30-,31+/m1/s1. The predicted octanol–water partition coefficient (Wildman–Crippen LogP) is 5.06. The molecule has 0 spiro atoms. The molecule has 61 heavy (non-hydrogen) atoms. The molecule has 1 aliphatic rings. The van der Waals surface area contributed by atoms with Crippen LogP contribution in [0.3, 0.4) is 0 Å². The molecular formula is C41H48IN7O10S2. The molecule has 1 aromatic heterocycles. The second-order valence-corrected chi connectivity index (χ2v) is 20.0. The summed E-state index contributed by atoms with van der Waals surface area (Å²) in [7, 11) is -4.91. The van der Waals surface area contributed by atoms with Crippen LogP contribution in [-0.2, 0) is 44.4 Å². The first-order chi connectivity index (χ1) is 28.9. The first kappa shape index (κ1) is 45.7. The van der Waals surface area contributed by atoms with Crippen molar-refractivity contribution in [3.05, 3.63) is 105 Å². The van der Waals surface area contributed by atoms with Crippen molar-refractivity contribution in [1.29, 1.82) is 0 Å². The van der Waals surface area contributed by atoms with Gasteiger partial charge in [0.25, 0.3) is 0 Å². The zero-order chi connectivity index (χ0) is 44.1. The van der Waals surface area contributed by atoms with Crippen molar-refractivity contribution >= 4 is 48.7 Å². The van der Waals surface area contributed by atoms with Crippen LogP contribution in [0, 0.1) is 3.57 Å². The summed E-state index contributed by atoms with van der Waals surface area (Å²) in [5.41, 5.74) is 1.08. The van der Waals surface area contributed by atoms with Gasteiger partial charge < -0.3 is 29.0 Å². The summed E-state index contributed by atoms with van der Waals surface area (Å²) < 4.78 is 86.2. The number of sulfonamides is 2. The number of hydrogen-bond donors (Lipinski definition) is 2. The zero-order valence-electron chi connectivity index (χ0n) is 34.5. The molecule has 1 fully saturated rings. The van der Waals surface area contributed by atoms with E-state index in [1.807, 2.05) is 34.7 Å². The second kappa shape index (κ2) is 19.0. The van der Waals surface area contributed by atoms with Gasteiger partial charge in [-0.15, -0.1) is 10.2 Å². The molecule has 1 saturated heterocycles. The monoisotopic (exact) mass is 989 g/mol. The van der Waals surface area contributed by atoms with Gasteiger partial charge in [-0.3, -0.25) is 0 Å². The lowest BCUT2D eigenvalue weighted by Crippen LogP contribution is -2.43. The highest BCUT2D eigenvalue weighted by atomic mass is 127. The van der Waals surface area contributed by atoms with Crippen molar-refractivity contribution in [1.82, 2.24) is 34.1 Å². The number of benzene rings is 4. The van der Waals surface area contributed by atoms with Gasteiger partial charge in [0.15, 0.2) is 0 Å². The number of carbonyl (C=O) groups excluding carboxylic acids is 1. The molecule has 1 amide bonds. The molecule has 0 saturated carbocycles. The number of carbonyl (C=O) groups is 1. The Morgan fingerprint density at radius 2 is 1.36 bits per heavy atom. The molecule has 17 nitrogen and oxygen atoms in total. The number of nitrogens with zero attached hydrogens (tertiary/aromatic N) is 6. The summed E-state index contributed by atoms with van der Waals surface area (Å²) in [5.74, 6) is 1.66. The average Bonchev–Trinajstić information content (AvgIpc) is 3.87. The van der Waals surface area contributed by atoms with E-state index in [4.69, 9.17) is 18.9 Å². The normalized spacial score (nSPS) is 15.9. The molecule has 2 N–H and O–H groups in total. The van der Waals surface area contributed by atoms with Gasteiger partial charge in [-0.1, -0.05) is 36.4 Å². The minimum Gasteiger partial charge on any atom is -0.497 e. The molecule has 5 aromatic rings. The van der Waals surface area contributed by atoms with Gasteiger partial charge in [-0.25, -0.2) is 26.4 Å². The number of ether oxygens (including phenoxy) is 4. The fraction of sp³-hybridized carbons (Fsp3) is 0.366. The van der Waals surface area contributed by atoms with Crippen molar-refractivity contribution in [3.8, 4) is 28.6 Å². The maximum Gasteiger partial charge on any atom is 0.410 e. The molecule has 20 heteroatoms. The summed E-state index contributed by atoms with van der Waals surface area (Å²) in [4.78, 5) is 14.5. The number of hydrogen-bond acceptors (Lipinski definition) is 13. The minimum atomic E-state index is -4.80.